The first-order valence-corrected chi connectivity index (χ1v) is 6.54. The first kappa shape index (κ1) is 12.8. The lowest BCUT2D eigenvalue weighted by molar-refractivity contribution is -0.122. The van der Waals surface area contributed by atoms with Gasteiger partial charge in [-0.15, -0.1) is 0 Å². The number of carbonyl (C=O) groups is 1. The summed E-state index contributed by atoms with van der Waals surface area (Å²) < 4.78 is 5.58. The van der Waals surface area contributed by atoms with Gasteiger partial charge in [0.2, 0.25) is 5.91 Å². The van der Waals surface area contributed by atoms with Crippen molar-refractivity contribution in [3.63, 3.8) is 0 Å². The van der Waals surface area contributed by atoms with Gasteiger partial charge in [0.05, 0.1) is 12.7 Å². The molecule has 5 heteroatoms. The normalized spacial score (nSPS) is 27.8. The second-order valence-corrected chi connectivity index (χ2v) is 5.16. The van der Waals surface area contributed by atoms with Crippen LogP contribution in [0.25, 0.3) is 0 Å². The van der Waals surface area contributed by atoms with Gasteiger partial charge in [0, 0.05) is 38.1 Å². The van der Waals surface area contributed by atoms with E-state index in [-0.39, 0.29) is 18.1 Å². The molecule has 1 aliphatic heterocycles. The van der Waals surface area contributed by atoms with Crippen LogP contribution in [-0.4, -0.2) is 55.2 Å². The third kappa shape index (κ3) is 4.26. The van der Waals surface area contributed by atoms with E-state index in [9.17, 15) is 4.79 Å². The predicted molar refractivity (Wildman–Crippen MR) is 65.6 cm³/mol. The molecule has 1 saturated heterocycles. The van der Waals surface area contributed by atoms with Crippen LogP contribution in [0.5, 0.6) is 0 Å². The maximum Gasteiger partial charge on any atom is 0.221 e. The summed E-state index contributed by atoms with van der Waals surface area (Å²) >= 11 is 0. The Labute approximate surface area is 103 Å². The molecule has 1 saturated carbocycles. The summed E-state index contributed by atoms with van der Waals surface area (Å²) in [7, 11) is 0. The first-order valence-electron chi connectivity index (χ1n) is 6.54. The molecule has 17 heavy (non-hydrogen) atoms. The fourth-order valence-electron chi connectivity index (χ4n) is 2.04. The quantitative estimate of drug-likeness (QED) is 0.693. The van der Waals surface area contributed by atoms with Crippen LogP contribution >= 0.6 is 0 Å². The second-order valence-electron chi connectivity index (χ2n) is 5.16. The Balaban J connectivity index is 1.65. The van der Waals surface area contributed by atoms with Crippen LogP contribution in [-0.2, 0) is 9.53 Å². The summed E-state index contributed by atoms with van der Waals surface area (Å²) in [4.78, 5) is 13.8. The van der Waals surface area contributed by atoms with Gasteiger partial charge in [0.15, 0.2) is 0 Å². The highest BCUT2D eigenvalue weighted by atomic mass is 16.5. The standard InChI is InChI=1S/C12H23N3O2/c1-9(13)11-8-15(6-7-17-11)5-4-12(16)14-10-2-3-10/h9-11H,2-8,13H2,1H3,(H,14,16). The Bertz CT molecular complexity index is 266. The molecule has 1 aliphatic carbocycles. The van der Waals surface area contributed by atoms with Gasteiger partial charge in [-0.3, -0.25) is 9.69 Å². The molecule has 0 aromatic rings. The topological polar surface area (TPSA) is 67.6 Å². The lowest BCUT2D eigenvalue weighted by Gasteiger charge is -2.34. The molecule has 0 bridgehead atoms. The van der Waals surface area contributed by atoms with Crippen molar-refractivity contribution in [3.8, 4) is 0 Å². The third-order valence-corrected chi connectivity index (χ3v) is 3.36. The minimum Gasteiger partial charge on any atom is -0.374 e. The number of rotatable bonds is 5. The van der Waals surface area contributed by atoms with Crippen molar-refractivity contribution in [2.75, 3.05) is 26.2 Å². The number of nitrogens with one attached hydrogen (secondary N) is 1. The number of nitrogens with zero attached hydrogens (tertiary/aromatic N) is 1. The lowest BCUT2D eigenvalue weighted by atomic mass is 10.1. The number of carbonyl (C=O) groups excluding carboxylic acids is 1. The van der Waals surface area contributed by atoms with Gasteiger partial charge in [-0.2, -0.15) is 0 Å². The number of ether oxygens (including phenoxy) is 1. The first-order chi connectivity index (χ1) is 8.15. The molecule has 2 aliphatic rings. The Hall–Kier alpha value is -0.650. The molecule has 1 amide bonds. The van der Waals surface area contributed by atoms with Gasteiger partial charge in [0.25, 0.3) is 0 Å². The van der Waals surface area contributed by atoms with Crippen molar-refractivity contribution in [1.29, 1.82) is 0 Å². The zero-order chi connectivity index (χ0) is 12.3. The lowest BCUT2D eigenvalue weighted by Crippen LogP contribution is -2.50. The largest absolute Gasteiger partial charge is 0.374 e. The highest BCUT2D eigenvalue weighted by Gasteiger charge is 2.25. The molecule has 0 aromatic carbocycles. The van der Waals surface area contributed by atoms with Crippen molar-refractivity contribution < 1.29 is 9.53 Å². The van der Waals surface area contributed by atoms with Gasteiger partial charge in [-0.25, -0.2) is 0 Å². The van der Waals surface area contributed by atoms with Gasteiger partial charge >= 0.3 is 0 Å². The molecule has 2 atom stereocenters. The Morgan fingerprint density at radius 3 is 3.00 bits per heavy atom. The fraction of sp³-hybridized carbons (Fsp3) is 0.917. The zero-order valence-electron chi connectivity index (χ0n) is 10.5. The van der Waals surface area contributed by atoms with Gasteiger partial charge < -0.3 is 15.8 Å². The summed E-state index contributed by atoms with van der Waals surface area (Å²) in [6, 6.07) is 0.516. The van der Waals surface area contributed by atoms with E-state index in [0.29, 0.717) is 12.5 Å². The van der Waals surface area contributed by atoms with Crippen molar-refractivity contribution in [3.05, 3.63) is 0 Å². The van der Waals surface area contributed by atoms with Crippen molar-refractivity contribution >= 4 is 5.91 Å². The predicted octanol–water partition coefficient (Wildman–Crippen LogP) is -0.297. The molecule has 2 rings (SSSR count). The number of amides is 1. The highest BCUT2D eigenvalue weighted by Crippen LogP contribution is 2.18. The minimum absolute atomic E-state index is 0.0538. The summed E-state index contributed by atoms with van der Waals surface area (Å²) in [5.74, 6) is 0.177. The Morgan fingerprint density at radius 1 is 1.59 bits per heavy atom. The van der Waals surface area contributed by atoms with Gasteiger partial charge in [-0.1, -0.05) is 0 Å². The maximum atomic E-state index is 11.6. The molecule has 0 radical (unpaired) electrons. The highest BCUT2D eigenvalue weighted by molar-refractivity contribution is 5.76. The van der Waals surface area contributed by atoms with Crippen LogP contribution < -0.4 is 11.1 Å². The Morgan fingerprint density at radius 2 is 2.35 bits per heavy atom. The average Bonchev–Trinajstić information content (AvgIpc) is 3.11. The monoisotopic (exact) mass is 241 g/mol. The van der Waals surface area contributed by atoms with Crippen LogP contribution in [0.2, 0.25) is 0 Å². The number of hydrogen-bond donors (Lipinski definition) is 2. The van der Waals surface area contributed by atoms with Crippen molar-refractivity contribution in [2.45, 2.75) is 44.4 Å². The second kappa shape index (κ2) is 5.80. The van der Waals surface area contributed by atoms with Crippen LogP contribution in [0.4, 0.5) is 0 Å². The third-order valence-electron chi connectivity index (χ3n) is 3.36. The average molecular weight is 241 g/mol. The summed E-state index contributed by atoms with van der Waals surface area (Å²) in [5.41, 5.74) is 5.83. The van der Waals surface area contributed by atoms with E-state index in [4.69, 9.17) is 10.5 Å². The molecule has 2 fully saturated rings. The molecular formula is C12H23N3O2. The van der Waals surface area contributed by atoms with Crippen LogP contribution in [0.15, 0.2) is 0 Å². The maximum absolute atomic E-state index is 11.6. The molecule has 2 unspecified atom stereocenters. The zero-order valence-corrected chi connectivity index (χ0v) is 10.5. The minimum atomic E-state index is 0.0538. The molecular weight excluding hydrogens is 218 g/mol. The molecule has 5 nitrogen and oxygen atoms in total. The molecule has 1 heterocycles. The SMILES string of the molecule is CC(N)C1CN(CCC(=O)NC2CC2)CCO1. The number of hydrogen-bond acceptors (Lipinski definition) is 4. The van der Waals surface area contributed by atoms with E-state index < -0.39 is 0 Å². The number of nitrogens with two attached hydrogens (primary N) is 1. The molecule has 3 N–H and O–H groups in total. The van der Waals surface area contributed by atoms with Gasteiger partial charge in [-0.05, 0) is 19.8 Å². The summed E-state index contributed by atoms with van der Waals surface area (Å²) in [5, 5.41) is 3.01. The van der Waals surface area contributed by atoms with E-state index in [2.05, 4.69) is 10.2 Å². The van der Waals surface area contributed by atoms with E-state index >= 15 is 0 Å². The van der Waals surface area contributed by atoms with Crippen molar-refractivity contribution in [2.24, 2.45) is 5.73 Å². The fourth-order valence-corrected chi connectivity index (χ4v) is 2.04. The van der Waals surface area contributed by atoms with E-state index in [1.165, 1.54) is 0 Å². The molecule has 0 spiro atoms. The van der Waals surface area contributed by atoms with Gasteiger partial charge in [0.1, 0.15) is 0 Å². The molecule has 98 valence electrons. The molecule has 0 aromatic heterocycles. The summed E-state index contributed by atoms with van der Waals surface area (Å²) in [6.07, 6.45) is 2.99. The van der Waals surface area contributed by atoms with E-state index in [0.717, 1.165) is 39.1 Å². The summed E-state index contributed by atoms with van der Waals surface area (Å²) in [6.45, 7) is 5.24. The van der Waals surface area contributed by atoms with E-state index in [1.54, 1.807) is 0 Å². The van der Waals surface area contributed by atoms with Crippen LogP contribution in [0.3, 0.4) is 0 Å². The van der Waals surface area contributed by atoms with Crippen LogP contribution in [0.1, 0.15) is 26.2 Å². The Kier molecular flexibility index (Phi) is 4.36. The smallest absolute Gasteiger partial charge is 0.221 e. The van der Waals surface area contributed by atoms with Crippen LogP contribution in [0, 0.1) is 0 Å². The van der Waals surface area contributed by atoms with Crippen molar-refractivity contribution in [1.82, 2.24) is 10.2 Å². The van der Waals surface area contributed by atoms with E-state index in [1.807, 2.05) is 6.92 Å². The number of morpholine rings is 1.